The maximum Gasteiger partial charge on any atom is 0.245 e. The van der Waals surface area contributed by atoms with Gasteiger partial charge in [0.15, 0.2) is 0 Å². The third-order valence-corrected chi connectivity index (χ3v) is 14.6. The summed E-state index contributed by atoms with van der Waals surface area (Å²) in [5, 5.41) is 49.8. The molecule has 29 nitrogen and oxygen atoms in total. The van der Waals surface area contributed by atoms with Gasteiger partial charge in [-0.2, -0.15) is 0 Å². The molecule has 0 saturated carbocycles. The van der Waals surface area contributed by atoms with Crippen LogP contribution in [0.3, 0.4) is 0 Å². The molecule has 0 bridgehead atoms. The van der Waals surface area contributed by atoms with E-state index in [2.05, 4.69) is 58.5 Å². The summed E-state index contributed by atoms with van der Waals surface area (Å²) < 4.78 is 0. The van der Waals surface area contributed by atoms with Crippen LogP contribution >= 0.6 is 0 Å². The lowest BCUT2D eigenvalue weighted by atomic mass is 10.00. The van der Waals surface area contributed by atoms with E-state index in [1.807, 2.05) is 42.5 Å². The number of rotatable bonds is 26. The van der Waals surface area contributed by atoms with Crippen LogP contribution in [0.15, 0.2) is 84.9 Å². The monoisotopic (exact) mass is 1260 g/mol. The third-order valence-electron chi connectivity index (χ3n) is 14.6. The first-order valence-electron chi connectivity index (χ1n) is 30.3. The van der Waals surface area contributed by atoms with Gasteiger partial charge in [0.25, 0.3) is 0 Å². The SMILES string of the molecule is CC(C)C[C@@H]1NC(=O)[C@@H](Cc2ccccc2)NC(=O)[C@H](CCN)NC(=O)[C@@H](NC(=O)[C@H](CCN)NC(=O)[C@@H](NC(=O)[C@H](CCN)NC(=O)Cc2ccc(-c3ccccc3)cc2)[C@@H](C)O)CCNC(=O)[C@H]([C@@H](C)O)NC(=O)[C@H](CCN)NC(=O)[C@H](CCN)NC1=O. The molecule has 3 aromatic rings. The minimum Gasteiger partial charge on any atom is -0.391 e. The Morgan fingerprint density at radius 3 is 1.48 bits per heavy atom. The second-order valence-electron chi connectivity index (χ2n) is 22.5. The number of amides is 11. The second kappa shape index (κ2) is 38.2. The molecule has 11 amide bonds. The van der Waals surface area contributed by atoms with E-state index in [-0.39, 0.29) is 90.0 Å². The van der Waals surface area contributed by atoms with Gasteiger partial charge in [0.2, 0.25) is 65.0 Å². The summed E-state index contributed by atoms with van der Waals surface area (Å²) in [5.41, 5.74) is 32.6. The summed E-state index contributed by atoms with van der Waals surface area (Å²) in [4.78, 5) is 155. The molecule has 0 radical (unpaired) electrons. The molecule has 1 heterocycles. The number of nitrogens with two attached hydrogens (primary N) is 5. The topological polar surface area (TPSA) is 491 Å². The largest absolute Gasteiger partial charge is 0.391 e. The Morgan fingerprint density at radius 1 is 0.500 bits per heavy atom. The van der Waals surface area contributed by atoms with Crippen molar-refractivity contribution in [3.8, 4) is 11.1 Å². The molecular formula is C61H92N16O13. The zero-order chi connectivity index (χ0) is 66.5. The Hall–Kier alpha value is -8.45. The number of carbonyl (C=O) groups excluding carboxylic acids is 11. The molecule has 4 rings (SSSR count). The van der Waals surface area contributed by atoms with Crippen LogP contribution in [-0.4, -0.2) is 187 Å². The van der Waals surface area contributed by atoms with Gasteiger partial charge >= 0.3 is 0 Å². The predicted molar refractivity (Wildman–Crippen MR) is 334 cm³/mol. The molecule has 1 aliphatic rings. The molecule has 12 atom stereocenters. The summed E-state index contributed by atoms with van der Waals surface area (Å²) in [6.07, 6.45) is -4.78. The van der Waals surface area contributed by atoms with Gasteiger partial charge in [-0.15, -0.1) is 0 Å². The molecule has 0 aliphatic carbocycles. The minimum atomic E-state index is -1.74. The standard InChI is InChI=1S/C61H92N16O13/c1-34(2)31-47-58(87)71-42(20-26-63)52(81)70-45(23-29-66)57(86)76-50(35(3)78)60(89)67-30-24-46(55(84)69-43(21-27-64)54(83)75-48(59(88)74-47)32-37-11-7-5-8-12-37)72-53(82)44(22-28-65)73-61(90)51(36(4)79)77-56(85)41(19-25-62)68-49(80)33-38-15-17-40(18-16-38)39-13-9-6-10-14-39/h5-18,34-36,41-48,50-51,78-79H,19-33,62-66H2,1-4H3,(H,67,89)(H,68,80)(H,69,84)(H,70,81)(H,71,87)(H,72,82)(H,73,90)(H,74,88)(H,75,83)(H,76,86)(H,77,85)/t35-,36-,41+,42+,43+,44+,45+,46+,47+,48-,50+,51+/m1/s1. The first-order valence-corrected chi connectivity index (χ1v) is 30.3. The van der Waals surface area contributed by atoms with Crippen molar-refractivity contribution in [3.05, 3.63) is 96.1 Å². The fourth-order valence-electron chi connectivity index (χ4n) is 9.75. The lowest BCUT2D eigenvalue weighted by molar-refractivity contribution is -0.137. The number of nitrogens with one attached hydrogen (secondary N) is 11. The molecular weight excluding hydrogens is 1160 g/mol. The number of benzene rings is 3. The van der Waals surface area contributed by atoms with Gasteiger partial charge in [-0.3, -0.25) is 52.7 Å². The highest BCUT2D eigenvalue weighted by atomic mass is 16.3. The molecule has 3 aromatic carbocycles. The first-order chi connectivity index (χ1) is 42.9. The van der Waals surface area contributed by atoms with Crippen molar-refractivity contribution < 1.29 is 63.0 Å². The van der Waals surface area contributed by atoms with Gasteiger partial charge in [-0.1, -0.05) is 98.8 Å². The zero-order valence-corrected chi connectivity index (χ0v) is 51.5. The van der Waals surface area contributed by atoms with Crippen LogP contribution in [0.1, 0.15) is 83.8 Å². The van der Waals surface area contributed by atoms with Crippen molar-refractivity contribution in [2.24, 2.45) is 34.6 Å². The van der Waals surface area contributed by atoms with E-state index in [1.165, 1.54) is 13.8 Å². The van der Waals surface area contributed by atoms with Crippen LogP contribution in [0.4, 0.5) is 0 Å². The summed E-state index contributed by atoms with van der Waals surface area (Å²) >= 11 is 0. The van der Waals surface area contributed by atoms with Crippen molar-refractivity contribution in [1.82, 2.24) is 58.5 Å². The number of aliphatic hydroxyl groups is 2. The average molecular weight is 1260 g/mol. The summed E-state index contributed by atoms with van der Waals surface area (Å²) in [6, 6.07) is 10.4. The quantitative estimate of drug-likeness (QED) is 0.0358. The Morgan fingerprint density at radius 2 is 0.967 bits per heavy atom. The van der Waals surface area contributed by atoms with Crippen molar-refractivity contribution >= 4 is 65.0 Å². The molecule has 1 saturated heterocycles. The number of carbonyl (C=O) groups is 11. The van der Waals surface area contributed by atoms with Crippen LogP contribution in [0.2, 0.25) is 0 Å². The third kappa shape index (κ3) is 24.2. The fraction of sp³-hybridized carbons (Fsp3) is 0.525. The van der Waals surface area contributed by atoms with Gasteiger partial charge in [0.1, 0.15) is 60.4 Å². The van der Waals surface area contributed by atoms with E-state index in [1.54, 1.807) is 56.3 Å². The highest BCUT2D eigenvalue weighted by Crippen LogP contribution is 2.20. The van der Waals surface area contributed by atoms with Gasteiger partial charge in [-0.25, -0.2) is 0 Å². The molecule has 1 fully saturated rings. The molecule has 1 aliphatic heterocycles. The maximum absolute atomic E-state index is 14.6. The fourth-order valence-corrected chi connectivity index (χ4v) is 9.75. The van der Waals surface area contributed by atoms with Crippen LogP contribution in [-0.2, 0) is 65.6 Å². The number of hydrogen-bond donors (Lipinski definition) is 18. The summed E-state index contributed by atoms with van der Waals surface area (Å²) in [5.74, 6) is -10.2. The summed E-state index contributed by atoms with van der Waals surface area (Å²) in [6.45, 7) is 4.70. The van der Waals surface area contributed by atoms with Crippen LogP contribution in [0, 0.1) is 5.92 Å². The predicted octanol–water partition coefficient (Wildman–Crippen LogP) is -4.94. The highest BCUT2D eigenvalue weighted by Gasteiger charge is 2.38. The number of hydrogen-bond acceptors (Lipinski definition) is 18. The zero-order valence-electron chi connectivity index (χ0n) is 51.5. The van der Waals surface area contributed by atoms with Crippen LogP contribution in [0.5, 0.6) is 0 Å². The normalized spacial score (nSPS) is 21.8. The first kappa shape index (κ1) is 74.0. The molecule has 29 heteroatoms. The van der Waals surface area contributed by atoms with E-state index in [4.69, 9.17) is 28.7 Å². The smallest absolute Gasteiger partial charge is 0.245 e. The van der Waals surface area contributed by atoms with Crippen LogP contribution in [0.25, 0.3) is 11.1 Å². The highest BCUT2D eigenvalue weighted by molar-refractivity contribution is 5.99. The molecule has 0 aromatic heterocycles. The average Bonchev–Trinajstić information content (AvgIpc) is 1.42. The minimum absolute atomic E-state index is 0.0396. The van der Waals surface area contributed by atoms with Crippen molar-refractivity contribution in [2.75, 3.05) is 39.3 Å². The van der Waals surface area contributed by atoms with E-state index >= 15 is 0 Å². The molecule has 23 N–H and O–H groups in total. The lowest BCUT2D eigenvalue weighted by Gasteiger charge is -2.29. The molecule has 0 unspecified atom stereocenters. The van der Waals surface area contributed by atoms with Gasteiger partial charge in [0.05, 0.1) is 18.6 Å². The lowest BCUT2D eigenvalue weighted by Crippen LogP contribution is -2.62. The van der Waals surface area contributed by atoms with Crippen molar-refractivity contribution in [1.29, 1.82) is 0 Å². The molecule has 0 spiro atoms. The Kier molecular flexibility index (Phi) is 31.4. The van der Waals surface area contributed by atoms with E-state index in [0.29, 0.717) is 11.1 Å². The Balaban J connectivity index is 1.67. The van der Waals surface area contributed by atoms with Crippen molar-refractivity contribution in [3.63, 3.8) is 0 Å². The second-order valence-corrected chi connectivity index (χ2v) is 22.5. The van der Waals surface area contributed by atoms with E-state index < -0.39 is 151 Å². The van der Waals surface area contributed by atoms with E-state index in [0.717, 1.165) is 11.1 Å². The van der Waals surface area contributed by atoms with Gasteiger partial charge in [-0.05, 0) is 120 Å². The molecule has 494 valence electrons. The van der Waals surface area contributed by atoms with Gasteiger partial charge in [0, 0.05) is 13.0 Å². The van der Waals surface area contributed by atoms with E-state index in [9.17, 15) is 63.0 Å². The Labute approximate surface area is 523 Å². The Bertz CT molecular complexity index is 2850. The summed E-state index contributed by atoms with van der Waals surface area (Å²) in [7, 11) is 0. The maximum atomic E-state index is 14.6. The van der Waals surface area contributed by atoms with Crippen LogP contribution < -0.4 is 87.2 Å². The van der Waals surface area contributed by atoms with Crippen molar-refractivity contribution in [2.45, 2.75) is 158 Å². The van der Waals surface area contributed by atoms with Gasteiger partial charge < -0.3 is 97.4 Å². The number of aliphatic hydroxyl groups excluding tert-OH is 2. The molecule has 90 heavy (non-hydrogen) atoms.